The largest absolute Gasteiger partial charge is 0.379 e. The van der Waals surface area contributed by atoms with E-state index in [1.165, 1.54) is 11.1 Å². The second kappa shape index (κ2) is 8.43. The molecule has 5 nitrogen and oxygen atoms in total. The second-order valence-corrected chi connectivity index (χ2v) is 10.6. The van der Waals surface area contributed by atoms with Gasteiger partial charge in [0.25, 0.3) is 0 Å². The van der Waals surface area contributed by atoms with Crippen LogP contribution in [-0.2, 0) is 16.4 Å². The summed E-state index contributed by atoms with van der Waals surface area (Å²) in [6, 6.07) is 17.3. The summed E-state index contributed by atoms with van der Waals surface area (Å²) in [5, 5.41) is 3.67. The summed E-state index contributed by atoms with van der Waals surface area (Å²) in [6.07, 6.45) is 0. The predicted molar refractivity (Wildman–Crippen MR) is 130 cm³/mol. The molecule has 0 amide bonds. The van der Waals surface area contributed by atoms with Crippen molar-refractivity contribution in [2.75, 3.05) is 5.32 Å². The van der Waals surface area contributed by atoms with E-state index in [9.17, 15) is 8.42 Å². The highest BCUT2D eigenvalue weighted by atomic mass is 32.2. The smallest absolute Gasteiger partial charge is 0.222 e. The fraction of sp³-hybridized carbons (Fsp3) is 0.269. The zero-order chi connectivity index (χ0) is 23.0. The molecule has 4 aromatic rings. The number of aryl methyl sites for hydroxylation is 3. The molecule has 0 unspecified atom stereocenters. The van der Waals surface area contributed by atoms with Crippen LogP contribution in [0.4, 0.5) is 5.69 Å². The Morgan fingerprint density at radius 3 is 2.31 bits per heavy atom. The van der Waals surface area contributed by atoms with Gasteiger partial charge in [-0.3, -0.25) is 0 Å². The summed E-state index contributed by atoms with van der Waals surface area (Å²) in [6.45, 7) is 10.5. The Kier molecular flexibility index (Phi) is 5.82. The van der Waals surface area contributed by atoms with Crippen molar-refractivity contribution >= 4 is 26.6 Å². The zero-order valence-electron chi connectivity index (χ0n) is 19.2. The molecule has 0 fully saturated rings. The molecular weight excluding hydrogens is 418 g/mol. The third-order valence-electron chi connectivity index (χ3n) is 5.63. The Morgan fingerprint density at radius 1 is 0.969 bits per heavy atom. The first-order valence-corrected chi connectivity index (χ1v) is 12.3. The van der Waals surface area contributed by atoms with Crippen LogP contribution in [-0.4, -0.2) is 18.4 Å². The van der Waals surface area contributed by atoms with E-state index in [0.717, 1.165) is 28.0 Å². The molecule has 166 valence electrons. The summed E-state index contributed by atoms with van der Waals surface area (Å²) in [5.41, 5.74) is 7.22. The van der Waals surface area contributed by atoms with Crippen LogP contribution in [0.2, 0.25) is 0 Å². The number of nitrogens with one attached hydrogen (secondary N) is 2. The minimum atomic E-state index is -3.70. The lowest BCUT2D eigenvalue weighted by molar-refractivity contribution is 0.590. The molecule has 0 atom stereocenters. The predicted octanol–water partition coefficient (Wildman–Crippen LogP) is 6.06. The van der Waals surface area contributed by atoms with Crippen molar-refractivity contribution in [2.45, 2.75) is 57.0 Å². The highest BCUT2D eigenvalue weighted by molar-refractivity contribution is 7.91. The maximum Gasteiger partial charge on any atom is 0.222 e. The molecule has 0 radical (unpaired) electrons. The lowest BCUT2D eigenvalue weighted by atomic mass is 10.1. The van der Waals surface area contributed by atoms with Gasteiger partial charge in [0.05, 0.1) is 28.2 Å². The SMILES string of the molecule is Cc1cc(C)cc(NCc2ccc3[nH]c(S(=O)(=O)c4ccccc4C)c(C(C)C)c3n2)c1. The molecule has 2 heterocycles. The lowest BCUT2D eigenvalue weighted by Crippen LogP contribution is -2.08. The normalized spacial score (nSPS) is 11.9. The Hall–Kier alpha value is -3.12. The Bertz CT molecular complexity index is 1380. The zero-order valence-corrected chi connectivity index (χ0v) is 20.0. The van der Waals surface area contributed by atoms with Gasteiger partial charge in [-0.2, -0.15) is 0 Å². The number of aromatic nitrogens is 2. The number of benzene rings is 2. The van der Waals surface area contributed by atoms with Crippen molar-refractivity contribution in [3.05, 3.63) is 82.5 Å². The van der Waals surface area contributed by atoms with Crippen LogP contribution in [0.1, 0.15) is 47.7 Å². The number of pyridine rings is 1. The first-order chi connectivity index (χ1) is 15.2. The standard InChI is InChI=1S/C26H29N3O2S/c1-16(2)24-25-22(29-26(24)32(30,31)23-9-7-6-8-19(23)5)11-10-20(28-25)15-27-21-13-17(3)12-18(4)14-21/h6-14,16,27,29H,15H2,1-5H3. The van der Waals surface area contributed by atoms with Gasteiger partial charge in [-0.15, -0.1) is 0 Å². The number of fused-ring (bicyclic) bond motifs is 1. The number of hydrogen-bond donors (Lipinski definition) is 2. The van der Waals surface area contributed by atoms with Gasteiger partial charge >= 0.3 is 0 Å². The fourth-order valence-corrected chi connectivity index (χ4v) is 6.02. The van der Waals surface area contributed by atoms with Gasteiger partial charge < -0.3 is 10.3 Å². The van der Waals surface area contributed by atoms with E-state index < -0.39 is 9.84 Å². The molecule has 2 N–H and O–H groups in total. The molecule has 0 spiro atoms. The minimum absolute atomic E-state index is 0.00678. The third kappa shape index (κ3) is 4.15. The average molecular weight is 448 g/mol. The van der Waals surface area contributed by atoms with Gasteiger partial charge in [0.2, 0.25) is 9.84 Å². The summed E-state index contributed by atoms with van der Waals surface area (Å²) < 4.78 is 27.1. The van der Waals surface area contributed by atoms with Crippen LogP contribution in [0, 0.1) is 20.8 Å². The van der Waals surface area contributed by atoms with Crippen LogP contribution in [0.5, 0.6) is 0 Å². The van der Waals surface area contributed by atoms with E-state index in [1.54, 1.807) is 12.1 Å². The quantitative estimate of drug-likeness (QED) is 0.377. The van der Waals surface area contributed by atoms with E-state index >= 15 is 0 Å². The lowest BCUT2D eigenvalue weighted by Gasteiger charge is -2.11. The number of hydrogen-bond acceptors (Lipinski definition) is 4. The molecule has 2 aromatic carbocycles. The Labute approximate surface area is 189 Å². The van der Waals surface area contributed by atoms with E-state index in [1.807, 2.05) is 45.0 Å². The van der Waals surface area contributed by atoms with Crippen LogP contribution in [0.25, 0.3) is 11.0 Å². The molecule has 2 aromatic heterocycles. The summed E-state index contributed by atoms with van der Waals surface area (Å²) in [5.74, 6) is -0.00678. The first kappa shape index (κ1) is 22.1. The van der Waals surface area contributed by atoms with Gasteiger partial charge in [0.15, 0.2) is 0 Å². The van der Waals surface area contributed by atoms with E-state index in [4.69, 9.17) is 4.98 Å². The average Bonchev–Trinajstić information content (AvgIpc) is 3.12. The van der Waals surface area contributed by atoms with Crippen LogP contribution < -0.4 is 5.32 Å². The monoisotopic (exact) mass is 447 g/mol. The van der Waals surface area contributed by atoms with Crippen molar-refractivity contribution in [1.82, 2.24) is 9.97 Å². The van der Waals surface area contributed by atoms with E-state index in [2.05, 4.69) is 42.3 Å². The van der Waals surface area contributed by atoms with Crippen molar-refractivity contribution < 1.29 is 8.42 Å². The number of aromatic amines is 1. The molecule has 0 bridgehead atoms. The molecule has 0 aliphatic rings. The third-order valence-corrected chi connectivity index (χ3v) is 7.52. The fourth-order valence-electron chi connectivity index (χ4n) is 4.19. The van der Waals surface area contributed by atoms with E-state index in [0.29, 0.717) is 17.0 Å². The minimum Gasteiger partial charge on any atom is -0.379 e. The number of nitrogens with zero attached hydrogens (tertiary/aromatic N) is 1. The number of anilines is 1. The molecule has 6 heteroatoms. The van der Waals surface area contributed by atoms with E-state index in [-0.39, 0.29) is 10.9 Å². The molecule has 0 aliphatic heterocycles. The van der Waals surface area contributed by atoms with Gasteiger partial charge in [0, 0.05) is 11.3 Å². The number of H-pyrrole nitrogens is 1. The highest BCUT2D eigenvalue weighted by Crippen LogP contribution is 2.35. The molecule has 4 rings (SSSR count). The number of sulfone groups is 1. The summed E-state index contributed by atoms with van der Waals surface area (Å²) in [4.78, 5) is 8.33. The molecule has 32 heavy (non-hydrogen) atoms. The van der Waals surface area contributed by atoms with Crippen molar-refractivity contribution in [3.63, 3.8) is 0 Å². The molecule has 0 aliphatic carbocycles. The first-order valence-electron chi connectivity index (χ1n) is 10.8. The van der Waals surface area contributed by atoms with Crippen LogP contribution in [0.3, 0.4) is 0 Å². The summed E-state index contributed by atoms with van der Waals surface area (Å²) in [7, 11) is -3.70. The van der Waals surface area contributed by atoms with Crippen molar-refractivity contribution in [1.29, 1.82) is 0 Å². The topological polar surface area (TPSA) is 74.8 Å². The van der Waals surface area contributed by atoms with Gasteiger partial charge in [-0.1, -0.05) is 38.1 Å². The maximum atomic E-state index is 13.5. The van der Waals surface area contributed by atoms with Crippen molar-refractivity contribution in [2.24, 2.45) is 0 Å². The molecule has 0 saturated heterocycles. The summed E-state index contributed by atoms with van der Waals surface area (Å²) >= 11 is 0. The van der Waals surface area contributed by atoms with Crippen molar-refractivity contribution in [3.8, 4) is 0 Å². The van der Waals surface area contributed by atoms with Gasteiger partial charge in [-0.05, 0) is 73.7 Å². The second-order valence-electron chi connectivity index (χ2n) is 8.72. The Morgan fingerprint density at radius 2 is 1.66 bits per heavy atom. The van der Waals surface area contributed by atoms with Crippen LogP contribution in [0.15, 0.2) is 64.5 Å². The van der Waals surface area contributed by atoms with Crippen LogP contribution >= 0.6 is 0 Å². The highest BCUT2D eigenvalue weighted by Gasteiger charge is 2.28. The molecule has 0 saturated carbocycles. The van der Waals surface area contributed by atoms with Gasteiger partial charge in [-0.25, -0.2) is 13.4 Å². The number of rotatable bonds is 6. The van der Waals surface area contributed by atoms with Gasteiger partial charge in [0.1, 0.15) is 5.03 Å². The Balaban J connectivity index is 1.75. The molecular formula is C26H29N3O2S. The maximum absolute atomic E-state index is 13.5.